The highest BCUT2D eigenvalue weighted by atomic mass is 32.1. The van der Waals surface area contributed by atoms with Crippen molar-refractivity contribution in [2.24, 2.45) is 0 Å². The number of amides is 1. The van der Waals surface area contributed by atoms with E-state index in [1.807, 2.05) is 13.8 Å². The molecular weight excluding hydrogens is 388 g/mol. The maximum atomic E-state index is 13.3. The molecule has 0 bridgehead atoms. The highest BCUT2D eigenvalue weighted by molar-refractivity contribution is 7.12. The molecular formula is C20H16N6O2S. The van der Waals surface area contributed by atoms with Gasteiger partial charge in [-0.05, 0) is 39.0 Å². The molecule has 0 saturated heterocycles. The first kappa shape index (κ1) is 17.5. The Morgan fingerprint density at radius 3 is 2.83 bits per heavy atom. The van der Waals surface area contributed by atoms with Gasteiger partial charge in [0, 0.05) is 27.6 Å². The molecule has 1 amide bonds. The summed E-state index contributed by atoms with van der Waals surface area (Å²) in [5.41, 5.74) is 3.71. The van der Waals surface area contributed by atoms with Gasteiger partial charge in [-0.1, -0.05) is 5.16 Å². The summed E-state index contributed by atoms with van der Waals surface area (Å²) in [6.45, 7) is 5.88. The molecule has 0 saturated carbocycles. The zero-order valence-electron chi connectivity index (χ0n) is 15.9. The Labute approximate surface area is 169 Å². The highest BCUT2D eigenvalue weighted by Crippen LogP contribution is 2.33. The van der Waals surface area contributed by atoms with Gasteiger partial charge in [-0.25, -0.2) is 9.97 Å². The molecule has 5 heterocycles. The van der Waals surface area contributed by atoms with Crippen LogP contribution in [-0.4, -0.2) is 30.6 Å². The van der Waals surface area contributed by atoms with Crippen LogP contribution < -0.4 is 5.32 Å². The first-order valence-electron chi connectivity index (χ1n) is 8.96. The van der Waals surface area contributed by atoms with Gasteiger partial charge in [0.25, 0.3) is 11.6 Å². The Morgan fingerprint density at radius 1 is 1.17 bits per heavy atom. The van der Waals surface area contributed by atoms with E-state index in [0.717, 1.165) is 10.4 Å². The Morgan fingerprint density at radius 2 is 2.03 bits per heavy atom. The van der Waals surface area contributed by atoms with Crippen molar-refractivity contribution >= 4 is 39.8 Å². The van der Waals surface area contributed by atoms with Crippen molar-refractivity contribution in [3.63, 3.8) is 0 Å². The summed E-state index contributed by atoms with van der Waals surface area (Å²) in [6.07, 6.45) is 3.26. The largest absolute Gasteiger partial charge is 0.335 e. The molecule has 5 aromatic rings. The van der Waals surface area contributed by atoms with Gasteiger partial charge in [-0.3, -0.25) is 4.79 Å². The van der Waals surface area contributed by atoms with Crippen LogP contribution in [0.5, 0.6) is 0 Å². The van der Waals surface area contributed by atoms with Crippen LogP contribution in [0.4, 0.5) is 5.82 Å². The maximum absolute atomic E-state index is 13.3. The number of carbonyl (C=O) groups excluding carboxylic acids is 1. The predicted octanol–water partition coefficient (Wildman–Crippen LogP) is 4.17. The molecule has 5 aromatic heterocycles. The average Bonchev–Trinajstić information content (AvgIpc) is 3.40. The van der Waals surface area contributed by atoms with E-state index in [2.05, 4.69) is 31.6 Å². The van der Waals surface area contributed by atoms with Gasteiger partial charge < -0.3 is 9.84 Å². The van der Waals surface area contributed by atoms with Crippen molar-refractivity contribution in [3.05, 3.63) is 57.7 Å². The molecule has 0 unspecified atom stereocenters. The smallest absolute Gasteiger partial charge is 0.259 e. The van der Waals surface area contributed by atoms with Gasteiger partial charge in [0.05, 0.1) is 28.5 Å². The van der Waals surface area contributed by atoms with Crippen LogP contribution in [0.25, 0.3) is 28.0 Å². The van der Waals surface area contributed by atoms with E-state index in [-0.39, 0.29) is 5.91 Å². The van der Waals surface area contributed by atoms with Crippen LogP contribution in [0.15, 0.2) is 41.2 Å². The van der Waals surface area contributed by atoms with Crippen molar-refractivity contribution < 1.29 is 9.32 Å². The molecule has 0 aliphatic carbocycles. The molecule has 8 nitrogen and oxygen atoms in total. The number of nitrogens with zero attached hydrogens (tertiary/aromatic N) is 5. The minimum absolute atomic E-state index is 0.294. The van der Waals surface area contributed by atoms with Crippen molar-refractivity contribution in [3.8, 4) is 11.3 Å². The number of carbonyl (C=O) groups is 1. The van der Waals surface area contributed by atoms with E-state index in [0.29, 0.717) is 39.5 Å². The van der Waals surface area contributed by atoms with Crippen molar-refractivity contribution in [1.29, 1.82) is 0 Å². The summed E-state index contributed by atoms with van der Waals surface area (Å²) in [5, 5.41) is 11.7. The summed E-state index contributed by atoms with van der Waals surface area (Å²) in [7, 11) is 0. The van der Waals surface area contributed by atoms with Crippen LogP contribution in [0.3, 0.4) is 0 Å². The minimum atomic E-state index is -0.294. The molecule has 29 heavy (non-hydrogen) atoms. The van der Waals surface area contributed by atoms with Crippen LogP contribution in [0, 0.1) is 20.8 Å². The summed E-state index contributed by atoms with van der Waals surface area (Å²) in [6, 6.07) is 7.32. The zero-order chi connectivity index (χ0) is 20.1. The Hall–Kier alpha value is -3.59. The SMILES string of the molecule is Cc1cc(-c2cc(C(=O)Nc3ccnc4ccnn34)c3c(C)noc3n2)c(C)s1. The van der Waals surface area contributed by atoms with Gasteiger partial charge in [-0.15, -0.1) is 11.3 Å². The molecule has 144 valence electrons. The lowest BCUT2D eigenvalue weighted by molar-refractivity contribution is 0.102. The number of aromatic nitrogens is 5. The molecule has 1 N–H and O–H groups in total. The number of rotatable bonds is 3. The number of anilines is 1. The third-order valence-electron chi connectivity index (χ3n) is 4.71. The second-order valence-electron chi connectivity index (χ2n) is 6.72. The molecule has 0 atom stereocenters. The van der Waals surface area contributed by atoms with Crippen LogP contribution in [-0.2, 0) is 0 Å². The Balaban J connectivity index is 1.65. The molecule has 0 aliphatic rings. The third-order valence-corrected chi connectivity index (χ3v) is 5.68. The Bertz CT molecular complexity index is 1400. The summed E-state index contributed by atoms with van der Waals surface area (Å²) in [4.78, 5) is 24.4. The summed E-state index contributed by atoms with van der Waals surface area (Å²) < 4.78 is 6.96. The first-order chi connectivity index (χ1) is 14.0. The normalized spacial score (nSPS) is 11.4. The van der Waals surface area contributed by atoms with E-state index in [9.17, 15) is 4.79 Å². The molecule has 0 spiro atoms. The quantitative estimate of drug-likeness (QED) is 0.485. The van der Waals surface area contributed by atoms with E-state index in [1.54, 1.807) is 53.4 Å². The zero-order valence-corrected chi connectivity index (χ0v) is 16.7. The molecule has 0 aromatic carbocycles. The number of thiophene rings is 1. The van der Waals surface area contributed by atoms with E-state index >= 15 is 0 Å². The third kappa shape index (κ3) is 2.87. The topological polar surface area (TPSA) is 98.2 Å². The highest BCUT2D eigenvalue weighted by Gasteiger charge is 2.21. The molecule has 0 radical (unpaired) electrons. The van der Waals surface area contributed by atoms with Crippen molar-refractivity contribution in [2.75, 3.05) is 5.32 Å². The average molecular weight is 404 g/mol. The summed E-state index contributed by atoms with van der Waals surface area (Å²) >= 11 is 1.69. The molecule has 0 aliphatic heterocycles. The number of fused-ring (bicyclic) bond motifs is 2. The van der Waals surface area contributed by atoms with Gasteiger partial charge in [0.1, 0.15) is 5.82 Å². The van der Waals surface area contributed by atoms with Crippen molar-refractivity contribution in [2.45, 2.75) is 20.8 Å². The minimum Gasteiger partial charge on any atom is -0.335 e. The summed E-state index contributed by atoms with van der Waals surface area (Å²) in [5.74, 6) is 0.228. The fourth-order valence-electron chi connectivity index (χ4n) is 3.41. The van der Waals surface area contributed by atoms with Crippen LogP contribution >= 0.6 is 11.3 Å². The number of nitrogens with one attached hydrogen (secondary N) is 1. The van der Waals surface area contributed by atoms with Gasteiger partial charge in [-0.2, -0.15) is 9.61 Å². The lowest BCUT2D eigenvalue weighted by Gasteiger charge is -2.09. The van der Waals surface area contributed by atoms with E-state index < -0.39 is 0 Å². The van der Waals surface area contributed by atoms with Gasteiger partial charge in [0.2, 0.25) is 0 Å². The lowest BCUT2D eigenvalue weighted by atomic mass is 10.1. The van der Waals surface area contributed by atoms with Crippen molar-refractivity contribution in [1.82, 2.24) is 24.7 Å². The van der Waals surface area contributed by atoms with Gasteiger partial charge >= 0.3 is 0 Å². The van der Waals surface area contributed by atoms with Crippen LogP contribution in [0.1, 0.15) is 25.8 Å². The number of hydrogen-bond donors (Lipinski definition) is 1. The Kier molecular flexibility index (Phi) is 3.92. The number of pyridine rings is 1. The molecule has 5 rings (SSSR count). The fourth-order valence-corrected chi connectivity index (χ4v) is 4.34. The maximum Gasteiger partial charge on any atom is 0.259 e. The van der Waals surface area contributed by atoms with E-state index in [4.69, 9.17) is 4.52 Å². The second kappa shape index (κ2) is 6.49. The fraction of sp³-hybridized carbons (Fsp3) is 0.150. The predicted molar refractivity (Wildman–Crippen MR) is 110 cm³/mol. The number of aryl methyl sites for hydroxylation is 3. The van der Waals surface area contributed by atoms with Gasteiger partial charge in [0.15, 0.2) is 5.65 Å². The molecule has 0 fully saturated rings. The monoisotopic (exact) mass is 404 g/mol. The van der Waals surface area contributed by atoms with Crippen LogP contribution in [0.2, 0.25) is 0 Å². The second-order valence-corrected chi connectivity index (χ2v) is 8.18. The standard InChI is InChI=1S/C20H16N6O2S/c1-10-8-13(12(3)29-10)15-9-14(18-11(2)25-28-20(18)23-15)19(27)24-17-4-6-21-16-5-7-22-26(16)17/h4-9H,1-3H3,(H,24,27). The molecule has 9 heteroatoms. The number of hydrogen-bond acceptors (Lipinski definition) is 7. The lowest BCUT2D eigenvalue weighted by Crippen LogP contribution is -2.16. The first-order valence-corrected chi connectivity index (χ1v) is 9.77. The van der Waals surface area contributed by atoms with E-state index in [1.165, 1.54) is 4.88 Å².